The number of ketones is 4. The number of carbonyl (C=O) groups excluding carboxylic acids is 6. The van der Waals surface area contributed by atoms with Gasteiger partial charge in [0, 0.05) is 44.4 Å². The second kappa shape index (κ2) is 12.0. The third-order valence-electron chi connectivity index (χ3n) is 9.62. The number of esters is 1. The Morgan fingerprint density at radius 3 is 2.26 bits per heavy atom. The van der Waals surface area contributed by atoms with E-state index in [1.54, 1.807) is 63.4 Å². The van der Waals surface area contributed by atoms with Crippen LogP contribution in [0.15, 0.2) is 30.3 Å². The van der Waals surface area contributed by atoms with Gasteiger partial charge in [-0.25, -0.2) is 4.79 Å². The number of methoxy groups -OCH3 is 1. The number of phenols is 1. The summed E-state index contributed by atoms with van der Waals surface area (Å²) in [7, 11) is 7.97. The van der Waals surface area contributed by atoms with Gasteiger partial charge in [0.1, 0.15) is 5.75 Å². The molecule has 0 saturated heterocycles. The van der Waals surface area contributed by atoms with Crippen LogP contribution in [0, 0.1) is 23.7 Å². The summed E-state index contributed by atoms with van der Waals surface area (Å²) >= 11 is 0. The summed E-state index contributed by atoms with van der Waals surface area (Å²) in [5.74, 6) is -11.3. The van der Waals surface area contributed by atoms with E-state index in [1.807, 2.05) is 0 Å². The average molecular weight is 635 g/mol. The van der Waals surface area contributed by atoms with Gasteiger partial charge in [0.15, 0.2) is 34.7 Å². The molecule has 3 aliphatic carbocycles. The molecule has 2 unspecified atom stereocenters. The van der Waals surface area contributed by atoms with Crippen molar-refractivity contribution in [1.82, 2.24) is 10.2 Å². The molecule has 0 aliphatic heterocycles. The fourth-order valence-electron chi connectivity index (χ4n) is 7.46. The molecule has 5 rings (SSSR count). The zero-order chi connectivity index (χ0) is 33.8. The van der Waals surface area contributed by atoms with Crippen molar-refractivity contribution >= 4 is 40.7 Å². The molecule has 2 aromatic carbocycles. The van der Waals surface area contributed by atoms with Crippen molar-refractivity contribution in [3.05, 3.63) is 58.1 Å². The Morgan fingerprint density at radius 1 is 1.04 bits per heavy atom. The maximum absolute atomic E-state index is 14.2. The molecule has 13 nitrogen and oxygen atoms in total. The fraction of sp³-hybridized carbons (Fsp3) is 0.455. The number of fused-ring (bicyclic) bond motifs is 3. The van der Waals surface area contributed by atoms with E-state index in [4.69, 9.17) is 10.5 Å². The van der Waals surface area contributed by atoms with Crippen molar-refractivity contribution in [3.63, 3.8) is 0 Å². The minimum Gasteiger partial charge on any atom is -0.507 e. The van der Waals surface area contributed by atoms with Crippen LogP contribution in [0.2, 0.25) is 0 Å². The SMILES string of the molecule is COC(=O)c1ccc(CNCc2cc(N(C)C)c3c(c2O)C(=O)C2C(=O)[C@]4(O)C(=O)C(C(N)=O)C(=O)[C@@H](N(C)C)[C@@H]4C[C@@H]2C3)cc1. The highest BCUT2D eigenvalue weighted by Crippen LogP contribution is 2.52. The molecule has 13 heteroatoms. The molecule has 1 amide bonds. The van der Waals surface area contributed by atoms with E-state index in [0.717, 1.165) is 5.56 Å². The predicted octanol–water partition coefficient (Wildman–Crippen LogP) is 0.00940. The number of phenolic OH excluding ortho intramolecular Hbond substituents is 1. The van der Waals surface area contributed by atoms with Crippen LogP contribution in [0.25, 0.3) is 0 Å². The predicted molar refractivity (Wildman–Crippen MR) is 164 cm³/mol. The van der Waals surface area contributed by atoms with Crippen LogP contribution in [0.4, 0.5) is 5.69 Å². The minimum atomic E-state index is -2.78. The van der Waals surface area contributed by atoms with Crippen molar-refractivity contribution < 1.29 is 43.7 Å². The average Bonchev–Trinajstić information content (AvgIpc) is 2.99. The first-order valence-electron chi connectivity index (χ1n) is 14.9. The highest BCUT2D eigenvalue weighted by Gasteiger charge is 2.69. The Balaban J connectivity index is 1.49. The van der Waals surface area contributed by atoms with Gasteiger partial charge in [0.25, 0.3) is 0 Å². The maximum atomic E-state index is 14.2. The van der Waals surface area contributed by atoms with Gasteiger partial charge < -0.3 is 30.9 Å². The Hall–Kier alpha value is -4.46. The summed E-state index contributed by atoms with van der Waals surface area (Å²) in [6.07, 6.45) is 0.156. The summed E-state index contributed by atoms with van der Waals surface area (Å²) in [6.45, 7) is 0.515. The fourth-order valence-corrected chi connectivity index (χ4v) is 7.46. The van der Waals surface area contributed by atoms with E-state index in [-0.39, 0.29) is 30.7 Å². The molecular weight excluding hydrogens is 596 g/mol. The van der Waals surface area contributed by atoms with Crippen LogP contribution in [0.1, 0.15) is 43.8 Å². The number of anilines is 1. The van der Waals surface area contributed by atoms with Gasteiger partial charge in [-0.05, 0) is 62.2 Å². The van der Waals surface area contributed by atoms with Crippen molar-refractivity contribution in [2.75, 3.05) is 40.2 Å². The number of nitrogens with zero attached hydrogens (tertiary/aromatic N) is 2. The standard InChI is InChI=1S/C33H38N4O9/c1-36(2)21-12-18(14-35-13-15-6-8-16(9-7-15)32(44)46-5)26(38)23-19(21)10-17-11-20-25(37(3)4)28(40)24(31(34)43)30(42)33(20,45)29(41)22(17)27(23)39/h6-9,12,17,20,22,24-25,35,38,45H,10-11,13-14H2,1-5H3,(H2,34,43)/t17-,20-,22?,24?,25-,33-/m0/s1. The molecule has 2 saturated carbocycles. The number of ether oxygens (including phenoxy) is 1. The number of aromatic hydroxyl groups is 1. The Morgan fingerprint density at radius 2 is 1.70 bits per heavy atom. The largest absolute Gasteiger partial charge is 0.507 e. The van der Waals surface area contributed by atoms with E-state index in [2.05, 4.69) is 5.32 Å². The number of aliphatic hydroxyl groups is 1. The highest BCUT2D eigenvalue weighted by atomic mass is 16.5. The first kappa shape index (κ1) is 32.9. The number of primary amides is 1. The van der Waals surface area contributed by atoms with Crippen LogP contribution in [0.3, 0.4) is 0 Å². The van der Waals surface area contributed by atoms with E-state index in [0.29, 0.717) is 28.9 Å². The molecule has 5 N–H and O–H groups in total. The lowest BCUT2D eigenvalue weighted by Crippen LogP contribution is -2.74. The van der Waals surface area contributed by atoms with Gasteiger partial charge >= 0.3 is 5.97 Å². The number of carbonyl (C=O) groups is 6. The second-order valence-corrected chi connectivity index (χ2v) is 12.7. The number of hydrogen-bond acceptors (Lipinski definition) is 12. The molecule has 0 bridgehead atoms. The first-order chi connectivity index (χ1) is 21.6. The number of amides is 1. The van der Waals surface area contributed by atoms with Gasteiger partial charge in [-0.3, -0.25) is 28.9 Å². The smallest absolute Gasteiger partial charge is 0.337 e. The molecule has 0 radical (unpaired) electrons. The number of nitrogens with two attached hydrogens (primary N) is 1. The van der Waals surface area contributed by atoms with Gasteiger partial charge in [0.2, 0.25) is 5.91 Å². The highest BCUT2D eigenvalue weighted by molar-refractivity contribution is 6.32. The van der Waals surface area contributed by atoms with E-state index >= 15 is 0 Å². The summed E-state index contributed by atoms with van der Waals surface area (Å²) < 4.78 is 4.72. The molecule has 0 heterocycles. The van der Waals surface area contributed by atoms with Crippen molar-refractivity contribution in [3.8, 4) is 5.75 Å². The lowest BCUT2D eigenvalue weighted by Gasteiger charge is -2.52. The maximum Gasteiger partial charge on any atom is 0.337 e. The second-order valence-electron chi connectivity index (χ2n) is 12.7. The molecule has 6 atom stereocenters. The Labute approximate surface area is 265 Å². The van der Waals surface area contributed by atoms with E-state index < -0.39 is 70.3 Å². The third kappa shape index (κ3) is 5.08. The molecule has 0 aromatic heterocycles. The Kier molecular flexibility index (Phi) is 8.62. The first-order valence-corrected chi connectivity index (χ1v) is 14.9. The van der Waals surface area contributed by atoms with Gasteiger partial charge in [-0.2, -0.15) is 0 Å². The van der Waals surface area contributed by atoms with Gasteiger partial charge in [-0.15, -0.1) is 0 Å². The number of hydrogen-bond donors (Lipinski definition) is 4. The molecule has 2 fully saturated rings. The molecule has 3 aliphatic rings. The van der Waals surface area contributed by atoms with Crippen molar-refractivity contribution in [2.24, 2.45) is 29.4 Å². The zero-order valence-corrected chi connectivity index (χ0v) is 26.3. The van der Waals surface area contributed by atoms with E-state index in [9.17, 15) is 39.0 Å². The molecule has 46 heavy (non-hydrogen) atoms. The minimum absolute atomic E-state index is 0.0183. The number of benzene rings is 2. The van der Waals surface area contributed by atoms with Crippen LogP contribution in [-0.2, 0) is 43.4 Å². The van der Waals surface area contributed by atoms with Crippen LogP contribution >= 0.6 is 0 Å². The summed E-state index contributed by atoms with van der Waals surface area (Å²) in [6, 6.07) is 7.40. The number of rotatable bonds is 8. The molecule has 2 aromatic rings. The summed E-state index contributed by atoms with van der Waals surface area (Å²) in [4.78, 5) is 82.3. The number of Topliss-reactive ketones (excluding diaryl/α,β-unsaturated/α-hetero) is 4. The molecule has 0 spiro atoms. The van der Waals surface area contributed by atoms with E-state index in [1.165, 1.54) is 12.0 Å². The Bertz CT molecular complexity index is 1650. The van der Waals surface area contributed by atoms with Gasteiger partial charge in [-0.1, -0.05) is 12.1 Å². The summed E-state index contributed by atoms with van der Waals surface area (Å²) in [5.41, 5.74) is 5.39. The van der Waals surface area contributed by atoms with Crippen LogP contribution in [0.5, 0.6) is 5.75 Å². The quantitative estimate of drug-likeness (QED) is 0.225. The zero-order valence-electron chi connectivity index (χ0n) is 26.3. The lowest BCUT2D eigenvalue weighted by molar-refractivity contribution is -0.181. The lowest BCUT2D eigenvalue weighted by atomic mass is 9.52. The third-order valence-corrected chi connectivity index (χ3v) is 9.62. The number of likely N-dealkylation sites (N-methyl/N-ethyl adjacent to an activating group) is 1. The van der Waals surface area contributed by atoms with Crippen LogP contribution in [-0.4, -0.2) is 97.1 Å². The van der Waals surface area contributed by atoms with Gasteiger partial charge in [0.05, 0.1) is 30.2 Å². The summed E-state index contributed by atoms with van der Waals surface area (Å²) in [5, 5.41) is 26.5. The molecular formula is C33H38N4O9. The van der Waals surface area contributed by atoms with Crippen molar-refractivity contribution in [2.45, 2.75) is 37.6 Å². The molecule has 244 valence electrons. The van der Waals surface area contributed by atoms with Crippen molar-refractivity contribution in [1.29, 1.82) is 0 Å². The topological polar surface area (TPSA) is 197 Å². The number of nitrogens with one attached hydrogen (secondary N) is 1. The normalized spacial score (nSPS) is 27.2. The van der Waals surface area contributed by atoms with Crippen LogP contribution < -0.4 is 16.0 Å². The monoisotopic (exact) mass is 634 g/mol.